The quantitative estimate of drug-likeness (QED) is 0.208. The third-order valence-corrected chi connectivity index (χ3v) is 2.10. The first kappa shape index (κ1) is 14.7. The molecule has 0 aromatic heterocycles. The van der Waals surface area contributed by atoms with Crippen molar-refractivity contribution in [2.24, 2.45) is 10.9 Å². The van der Waals surface area contributed by atoms with Crippen LogP contribution in [0.25, 0.3) is 0 Å². The van der Waals surface area contributed by atoms with Crippen LogP contribution in [0.3, 0.4) is 0 Å². The Morgan fingerprint density at radius 2 is 2.19 bits per heavy atom. The molecule has 0 unspecified atom stereocenters. The predicted octanol–water partition coefficient (Wildman–Crippen LogP) is 0.398. The average molecular weight is 231 g/mol. The van der Waals surface area contributed by atoms with Crippen LogP contribution in [0, 0.1) is 0 Å². The van der Waals surface area contributed by atoms with Gasteiger partial charge in [0, 0.05) is 26.2 Å². The van der Waals surface area contributed by atoms with E-state index in [4.69, 9.17) is 15.7 Å². The van der Waals surface area contributed by atoms with Crippen LogP contribution in [0.4, 0.5) is 0 Å². The Labute approximate surface area is 96.0 Å². The van der Waals surface area contributed by atoms with Gasteiger partial charge in [-0.05, 0) is 20.3 Å². The van der Waals surface area contributed by atoms with Crippen molar-refractivity contribution >= 4 is 11.7 Å². The SMILES string of the molecule is CCOCCCC(=O)N(CC)CC(N)=NO. The van der Waals surface area contributed by atoms with Gasteiger partial charge in [-0.2, -0.15) is 0 Å². The van der Waals surface area contributed by atoms with Crippen LogP contribution in [0.5, 0.6) is 0 Å². The van der Waals surface area contributed by atoms with Crippen molar-refractivity contribution in [3.8, 4) is 0 Å². The van der Waals surface area contributed by atoms with Crippen LogP contribution < -0.4 is 5.73 Å². The van der Waals surface area contributed by atoms with E-state index in [-0.39, 0.29) is 18.3 Å². The topological polar surface area (TPSA) is 88.2 Å². The molecule has 0 rings (SSSR count). The highest BCUT2D eigenvalue weighted by Crippen LogP contribution is 1.98. The minimum absolute atomic E-state index is 0.00574. The molecular weight excluding hydrogens is 210 g/mol. The van der Waals surface area contributed by atoms with E-state index < -0.39 is 0 Å². The molecule has 0 saturated heterocycles. The summed E-state index contributed by atoms with van der Waals surface area (Å²) in [6, 6.07) is 0. The van der Waals surface area contributed by atoms with E-state index in [1.54, 1.807) is 4.90 Å². The van der Waals surface area contributed by atoms with Crippen LogP contribution >= 0.6 is 0 Å². The predicted molar refractivity (Wildman–Crippen MR) is 61.4 cm³/mol. The molecule has 3 N–H and O–H groups in total. The van der Waals surface area contributed by atoms with Gasteiger partial charge in [-0.1, -0.05) is 5.16 Å². The summed E-state index contributed by atoms with van der Waals surface area (Å²) in [4.78, 5) is 13.2. The van der Waals surface area contributed by atoms with E-state index in [1.807, 2.05) is 13.8 Å². The zero-order chi connectivity index (χ0) is 12.4. The van der Waals surface area contributed by atoms with E-state index in [0.717, 1.165) is 0 Å². The minimum atomic E-state index is -0.00574. The van der Waals surface area contributed by atoms with Crippen molar-refractivity contribution in [1.82, 2.24) is 4.90 Å². The molecule has 0 saturated carbocycles. The van der Waals surface area contributed by atoms with Gasteiger partial charge < -0.3 is 20.6 Å². The summed E-state index contributed by atoms with van der Waals surface area (Å²) in [5, 5.41) is 11.3. The lowest BCUT2D eigenvalue weighted by molar-refractivity contribution is -0.130. The molecule has 0 spiro atoms. The summed E-state index contributed by atoms with van der Waals surface area (Å²) >= 11 is 0. The molecule has 0 atom stereocenters. The first-order valence-corrected chi connectivity index (χ1v) is 5.47. The smallest absolute Gasteiger partial charge is 0.223 e. The number of nitrogens with zero attached hydrogens (tertiary/aromatic N) is 2. The number of amides is 1. The Morgan fingerprint density at radius 1 is 1.50 bits per heavy atom. The number of amidine groups is 1. The molecule has 0 fully saturated rings. The van der Waals surface area contributed by atoms with E-state index in [0.29, 0.717) is 32.6 Å². The van der Waals surface area contributed by atoms with E-state index in [9.17, 15) is 4.79 Å². The Kier molecular flexibility index (Phi) is 8.24. The number of carbonyl (C=O) groups is 1. The second-order valence-corrected chi connectivity index (χ2v) is 3.30. The van der Waals surface area contributed by atoms with Crippen LogP contribution in [-0.2, 0) is 9.53 Å². The van der Waals surface area contributed by atoms with Gasteiger partial charge in [0.05, 0.1) is 6.54 Å². The maximum Gasteiger partial charge on any atom is 0.223 e. The van der Waals surface area contributed by atoms with Crippen molar-refractivity contribution in [2.75, 3.05) is 26.3 Å². The highest BCUT2D eigenvalue weighted by Gasteiger charge is 2.12. The standard InChI is InChI=1S/C10H21N3O3/c1-3-13(8-9(11)12-15)10(14)6-5-7-16-4-2/h15H,3-8H2,1-2H3,(H2,11,12). The van der Waals surface area contributed by atoms with Gasteiger partial charge in [0.25, 0.3) is 0 Å². The molecule has 0 aliphatic rings. The zero-order valence-corrected chi connectivity index (χ0v) is 9.98. The molecule has 0 bridgehead atoms. The van der Waals surface area contributed by atoms with Crippen molar-refractivity contribution < 1.29 is 14.7 Å². The molecule has 6 heteroatoms. The molecule has 0 radical (unpaired) electrons. The Morgan fingerprint density at radius 3 is 2.69 bits per heavy atom. The fourth-order valence-electron chi connectivity index (χ4n) is 1.23. The molecule has 0 aromatic rings. The number of carbonyl (C=O) groups excluding carboxylic acids is 1. The van der Waals surface area contributed by atoms with Gasteiger partial charge in [-0.15, -0.1) is 0 Å². The highest BCUT2D eigenvalue weighted by molar-refractivity contribution is 5.86. The van der Waals surface area contributed by atoms with E-state index in [2.05, 4.69) is 5.16 Å². The number of hydrogen-bond acceptors (Lipinski definition) is 4. The van der Waals surface area contributed by atoms with E-state index in [1.165, 1.54) is 0 Å². The fourth-order valence-corrected chi connectivity index (χ4v) is 1.23. The molecule has 0 aliphatic carbocycles. The van der Waals surface area contributed by atoms with Gasteiger partial charge >= 0.3 is 0 Å². The van der Waals surface area contributed by atoms with Crippen LogP contribution in [0.15, 0.2) is 5.16 Å². The molecule has 0 heterocycles. The maximum atomic E-state index is 11.7. The fraction of sp³-hybridized carbons (Fsp3) is 0.800. The van der Waals surface area contributed by atoms with Gasteiger partial charge in [-0.25, -0.2) is 0 Å². The summed E-state index contributed by atoms with van der Waals surface area (Å²) in [6.45, 7) is 5.73. The van der Waals surface area contributed by atoms with Gasteiger partial charge in [0.2, 0.25) is 5.91 Å². The summed E-state index contributed by atoms with van der Waals surface area (Å²) in [7, 11) is 0. The molecule has 0 aromatic carbocycles. The first-order valence-electron chi connectivity index (χ1n) is 5.47. The zero-order valence-electron chi connectivity index (χ0n) is 9.98. The van der Waals surface area contributed by atoms with Crippen LogP contribution in [-0.4, -0.2) is 48.2 Å². The van der Waals surface area contributed by atoms with Crippen molar-refractivity contribution in [2.45, 2.75) is 26.7 Å². The number of rotatable bonds is 8. The van der Waals surface area contributed by atoms with Crippen LogP contribution in [0.2, 0.25) is 0 Å². The molecule has 0 aliphatic heterocycles. The molecule has 1 amide bonds. The van der Waals surface area contributed by atoms with Crippen molar-refractivity contribution in [3.05, 3.63) is 0 Å². The summed E-state index contributed by atoms with van der Waals surface area (Å²) in [5.41, 5.74) is 5.35. The monoisotopic (exact) mass is 231 g/mol. The third-order valence-electron chi connectivity index (χ3n) is 2.10. The lowest BCUT2D eigenvalue weighted by Crippen LogP contribution is -2.38. The number of nitrogens with two attached hydrogens (primary N) is 1. The lowest BCUT2D eigenvalue weighted by atomic mass is 10.3. The second kappa shape index (κ2) is 8.96. The first-order chi connectivity index (χ1) is 7.65. The number of likely N-dealkylation sites (N-methyl/N-ethyl adjacent to an activating group) is 1. The summed E-state index contributed by atoms with van der Waals surface area (Å²) in [6.07, 6.45) is 1.12. The van der Waals surface area contributed by atoms with Crippen molar-refractivity contribution in [3.63, 3.8) is 0 Å². The Hall–Kier alpha value is -1.30. The molecule has 94 valence electrons. The minimum Gasteiger partial charge on any atom is -0.409 e. The summed E-state index contributed by atoms with van der Waals surface area (Å²) < 4.78 is 5.14. The maximum absolute atomic E-state index is 11.7. The van der Waals surface area contributed by atoms with Crippen molar-refractivity contribution in [1.29, 1.82) is 0 Å². The highest BCUT2D eigenvalue weighted by atomic mass is 16.5. The van der Waals surface area contributed by atoms with Crippen LogP contribution in [0.1, 0.15) is 26.7 Å². The van der Waals surface area contributed by atoms with Gasteiger partial charge in [0.15, 0.2) is 5.84 Å². The van der Waals surface area contributed by atoms with E-state index >= 15 is 0 Å². The largest absolute Gasteiger partial charge is 0.409 e. The molecular formula is C10H21N3O3. The molecule has 16 heavy (non-hydrogen) atoms. The average Bonchev–Trinajstić information content (AvgIpc) is 2.30. The summed E-state index contributed by atoms with van der Waals surface area (Å²) in [5.74, 6) is 0.0359. The Balaban J connectivity index is 3.92. The second-order valence-electron chi connectivity index (χ2n) is 3.30. The lowest BCUT2D eigenvalue weighted by Gasteiger charge is -2.19. The van der Waals surface area contributed by atoms with Gasteiger partial charge in [-0.3, -0.25) is 4.79 Å². The third kappa shape index (κ3) is 6.23. The number of oxime groups is 1. The van der Waals surface area contributed by atoms with Gasteiger partial charge in [0.1, 0.15) is 0 Å². The number of ether oxygens (including phenoxy) is 1. The Bertz CT molecular complexity index is 231. The number of hydrogen-bond donors (Lipinski definition) is 2. The molecule has 6 nitrogen and oxygen atoms in total. The normalized spacial score (nSPS) is 11.5.